The number of rotatable bonds is 7. The molecule has 0 aliphatic carbocycles. The van der Waals surface area contributed by atoms with E-state index < -0.39 is 27.8 Å². The van der Waals surface area contributed by atoms with E-state index >= 15 is 0 Å². The molecule has 0 spiro atoms. The SMILES string of the molecule is COCCN1C(=O)C(=O)/C(=C(/O)c2ccc(S(=O)(=O)N(C)C)cc2)[C@H]1c1ccc(Br)cc1. The molecule has 10 heteroatoms. The average molecular weight is 523 g/mol. The fraction of sp³-hybridized carbons (Fsp3) is 0.273. The van der Waals surface area contributed by atoms with Crippen LogP contribution in [0.1, 0.15) is 17.2 Å². The van der Waals surface area contributed by atoms with E-state index in [9.17, 15) is 23.1 Å². The Kier molecular flexibility index (Phi) is 7.19. The molecule has 1 N–H and O–H groups in total. The van der Waals surface area contributed by atoms with E-state index in [1.54, 1.807) is 24.3 Å². The number of hydrogen-bond acceptors (Lipinski definition) is 6. The largest absolute Gasteiger partial charge is 0.507 e. The van der Waals surface area contributed by atoms with Gasteiger partial charge in [0.2, 0.25) is 10.0 Å². The summed E-state index contributed by atoms with van der Waals surface area (Å²) < 4.78 is 31.6. The molecule has 32 heavy (non-hydrogen) atoms. The predicted molar refractivity (Wildman–Crippen MR) is 122 cm³/mol. The fourth-order valence-electron chi connectivity index (χ4n) is 3.44. The number of carbonyl (C=O) groups is 2. The van der Waals surface area contributed by atoms with Crippen molar-refractivity contribution in [3.63, 3.8) is 0 Å². The van der Waals surface area contributed by atoms with Crippen molar-refractivity contribution < 1.29 is 27.9 Å². The minimum atomic E-state index is -3.65. The Hall–Kier alpha value is -2.53. The summed E-state index contributed by atoms with van der Waals surface area (Å²) in [6.45, 7) is 0.385. The standard InChI is InChI=1S/C22H23BrN2O6S/c1-24(2)32(29,30)17-10-6-15(7-11-17)20(26)18-19(14-4-8-16(23)9-5-14)25(12-13-31-3)22(28)21(18)27/h4-11,19,26H,12-13H2,1-3H3/b20-18+/t19-/m1/s1. The van der Waals surface area contributed by atoms with Crippen LogP contribution in [0.3, 0.4) is 0 Å². The number of likely N-dealkylation sites (tertiary alicyclic amines) is 1. The molecule has 1 heterocycles. The normalized spacial score (nSPS) is 18.5. The number of hydrogen-bond donors (Lipinski definition) is 1. The van der Waals surface area contributed by atoms with Gasteiger partial charge in [-0.15, -0.1) is 0 Å². The van der Waals surface area contributed by atoms with Crippen LogP contribution in [0.25, 0.3) is 5.76 Å². The van der Waals surface area contributed by atoms with Gasteiger partial charge in [0.1, 0.15) is 5.76 Å². The summed E-state index contributed by atoms with van der Waals surface area (Å²) in [6, 6.07) is 11.8. The third kappa shape index (κ3) is 4.49. The minimum absolute atomic E-state index is 0.0454. The topological polar surface area (TPSA) is 104 Å². The molecule has 0 aromatic heterocycles. The summed E-state index contributed by atoms with van der Waals surface area (Å²) in [6.07, 6.45) is 0. The van der Waals surface area contributed by atoms with Gasteiger partial charge in [-0.25, -0.2) is 12.7 Å². The number of benzene rings is 2. The molecule has 1 fully saturated rings. The molecule has 1 saturated heterocycles. The number of nitrogens with zero attached hydrogens (tertiary/aromatic N) is 2. The Morgan fingerprint density at radius 1 is 1.09 bits per heavy atom. The molecule has 0 unspecified atom stereocenters. The number of sulfonamides is 1. The van der Waals surface area contributed by atoms with Gasteiger partial charge in [-0.3, -0.25) is 9.59 Å². The maximum Gasteiger partial charge on any atom is 0.295 e. The molecule has 2 aromatic carbocycles. The molecular formula is C22H23BrN2O6S. The molecule has 0 radical (unpaired) electrons. The van der Waals surface area contributed by atoms with Gasteiger partial charge in [-0.1, -0.05) is 28.1 Å². The highest BCUT2D eigenvalue weighted by Crippen LogP contribution is 2.39. The van der Waals surface area contributed by atoms with Crippen LogP contribution < -0.4 is 0 Å². The molecule has 1 aliphatic heterocycles. The van der Waals surface area contributed by atoms with Crippen molar-refractivity contribution in [3.8, 4) is 0 Å². The van der Waals surface area contributed by atoms with Crippen LogP contribution in [0.15, 0.2) is 63.5 Å². The number of Topliss-reactive ketones (excluding diaryl/α,β-unsaturated/α-hetero) is 1. The summed E-state index contributed by atoms with van der Waals surface area (Å²) in [4.78, 5) is 27.1. The number of amides is 1. The summed E-state index contributed by atoms with van der Waals surface area (Å²) in [7, 11) is 0.687. The second-order valence-electron chi connectivity index (χ2n) is 7.35. The lowest BCUT2D eigenvalue weighted by Gasteiger charge is -2.25. The zero-order valence-electron chi connectivity index (χ0n) is 17.8. The molecule has 0 bridgehead atoms. The molecule has 8 nitrogen and oxygen atoms in total. The Balaban J connectivity index is 2.11. The first-order valence-electron chi connectivity index (χ1n) is 9.65. The third-order valence-corrected chi connectivity index (χ3v) is 7.53. The van der Waals surface area contributed by atoms with Crippen LogP contribution in [-0.2, 0) is 24.3 Å². The quantitative estimate of drug-likeness (QED) is 0.340. The van der Waals surface area contributed by atoms with Gasteiger partial charge in [0.15, 0.2) is 0 Å². The second-order valence-corrected chi connectivity index (χ2v) is 10.4. The van der Waals surface area contributed by atoms with Gasteiger partial charge in [0, 0.05) is 37.8 Å². The fourth-order valence-corrected chi connectivity index (χ4v) is 4.61. The molecule has 2 aromatic rings. The molecule has 0 saturated carbocycles. The summed E-state index contributed by atoms with van der Waals surface area (Å²) in [5.41, 5.74) is 0.822. The average Bonchev–Trinajstić information content (AvgIpc) is 3.02. The van der Waals surface area contributed by atoms with Crippen molar-refractivity contribution >= 4 is 43.4 Å². The summed E-state index contributed by atoms with van der Waals surface area (Å²) >= 11 is 3.37. The smallest absolute Gasteiger partial charge is 0.295 e. The molecule has 3 rings (SSSR count). The molecule has 1 amide bonds. The van der Waals surface area contributed by atoms with E-state index in [0.717, 1.165) is 8.78 Å². The van der Waals surface area contributed by atoms with Gasteiger partial charge in [-0.2, -0.15) is 0 Å². The third-order valence-electron chi connectivity index (χ3n) is 5.17. The maximum absolute atomic E-state index is 12.9. The Morgan fingerprint density at radius 3 is 2.22 bits per heavy atom. The van der Waals surface area contributed by atoms with Crippen molar-refractivity contribution in [1.29, 1.82) is 0 Å². The van der Waals surface area contributed by atoms with Crippen molar-refractivity contribution in [2.45, 2.75) is 10.9 Å². The highest BCUT2D eigenvalue weighted by atomic mass is 79.9. The van der Waals surface area contributed by atoms with Gasteiger partial charge in [0.25, 0.3) is 11.7 Å². The van der Waals surface area contributed by atoms with Gasteiger partial charge >= 0.3 is 0 Å². The first-order chi connectivity index (χ1) is 15.1. The number of carbonyl (C=O) groups excluding carboxylic acids is 2. The zero-order chi connectivity index (χ0) is 23.6. The zero-order valence-corrected chi connectivity index (χ0v) is 20.2. The molecule has 170 valence electrons. The number of aliphatic hydroxyl groups is 1. The lowest BCUT2D eigenvalue weighted by Crippen LogP contribution is -2.32. The number of halogens is 1. The predicted octanol–water partition coefficient (Wildman–Crippen LogP) is 2.77. The minimum Gasteiger partial charge on any atom is -0.507 e. The maximum atomic E-state index is 12.9. The monoisotopic (exact) mass is 522 g/mol. The lowest BCUT2D eigenvalue weighted by atomic mass is 9.95. The van der Waals surface area contributed by atoms with Crippen LogP contribution in [0.4, 0.5) is 0 Å². The van der Waals surface area contributed by atoms with Gasteiger partial charge in [-0.05, 0) is 42.0 Å². The second kappa shape index (κ2) is 9.53. The number of ketones is 1. The van der Waals surface area contributed by atoms with E-state index in [0.29, 0.717) is 5.56 Å². The van der Waals surface area contributed by atoms with Gasteiger partial charge < -0.3 is 14.7 Å². The number of ether oxygens (including phenoxy) is 1. The van der Waals surface area contributed by atoms with E-state index in [1.165, 1.54) is 50.4 Å². The number of aliphatic hydroxyl groups excluding tert-OH is 1. The van der Waals surface area contributed by atoms with E-state index in [2.05, 4.69) is 15.9 Å². The molecule has 1 aliphatic rings. The van der Waals surface area contributed by atoms with Crippen LogP contribution >= 0.6 is 15.9 Å². The van der Waals surface area contributed by atoms with Crippen molar-refractivity contribution in [2.24, 2.45) is 0 Å². The number of methoxy groups -OCH3 is 1. The lowest BCUT2D eigenvalue weighted by molar-refractivity contribution is -0.140. The molecular weight excluding hydrogens is 500 g/mol. The first-order valence-corrected chi connectivity index (χ1v) is 11.9. The van der Waals surface area contributed by atoms with Crippen LogP contribution in [0.5, 0.6) is 0 Å². The van der Waals surface area contributed by atoms with Crippen molar-refractivity contribution in [2.75, 3.05) is 34.4 Å². The summed E-state index contributed by atoms with van der Waals surface area (Å²) in [5.74, 6) is -1.91. The van der Waals surface area contributed by atoms with E-state index in [4.69, 9.17) is 4.74 Å². The molecule has 1 atom stereocenters. The van der Waals surface area contributed by atoms with Crippen molar-refractivity contribution in [1.82, 2.24) is 9.21 Å². The Bertz CT molecular complexity index is 1160. The van der Waals surface area contributed by atoms with Crippen LogP contribution in [0, 0.1) is 0 Å². The van der Waals surface area contributed by atoms with Crippen LogP contribution in [-0.4, -0.2) is 68.8 Å². The van der Waals surface area contributed by atoms with Crippen LogP contribution in [0.2, 0.25) is 0 Å². The highest BCUT2D eigenvalue weighted by molar-refractivity contribution is 9.10. The highest BCUT2D eigenvalue weighted by Gasteiger charge is 2.45. The Morgan fingerprint density at radius 2 is 1.69 bits per heavy atom. The van der Waals surface area contributed by atoms with E-state index in [-0.39, 0.29) is 34.9 Å². The Labute approximate surface area is 195 Å². The summed E-state index contributed by atoms with van der Waals surface area (Å²) in [5, 5.41) is 11.0. The van der Waals surface area contributed by atoms with E-state index in [1.807, 2.05) is 0 Å². The first kappa shape index (κ1) is 24.1. The van der Waals surface area contributed by atoms with Crippen molar-refractivity contribution in [3.05, 3.63) is 69.7 Å². The van der Waals surface area contributed by atoms with Gasteiger partial charge in [0.05, 0.1) is 23.1 Å².